The third kappa shape index (κ3) is 5.37. The van der Waals surface area contributed by atoms with Gasteiger partial charge in [-0.1, -0.05) is 40.5 Å². The fraction of sp³-hybridized carbons (Fsp3) is 0.211. The predicted molar refractivity (Wildman–Crippen MR) is 110 cm³/mol. The van der Waals surface area contributed by atoms with E-state index >= 15 is 0 Å². The Morgan fingerprint density at radius 1 is 1.07 bits per heavy atom. The number of nitrogens with one attached hydrogen (secondary N) is 2. The van der Waals surface area contributed by atoms with Gasteiger partial charge in [0, 0.05) is 36.2 Å². The smallest absolute Gasteiger partial charge is 0.323 e. The lowest BCUT2D eigenvalue weighted by atomic mass is 10.1. The van der Waals surface area contributed by atoms with Crippen LogP contribution in [0.4, 0.5) is 16.5 Å². The van der Waals surface area contributed by atoms with E-state index in [0.717, 1.165) is 5.56 Å². The molecule has 2 amide bonds. The first kappa shape index (κ1) is 20.0. The van der Waals surface area contributed by atoms with Crippen LogP contribution in [-0.2, 0) is 6.42 Å². The SMILES string of the molecule is CN(C)c1nc(C(Cc2ccc(Cl)cc2)NC(=O)Nc2ccc(Cl)cc2)no1. The first-order chi connectivity index (χ1) is 13.4. The van der Waals surface area contributed by atoms with Gasteiger partial charge in [-0.25, -0.2) is 4.79 Å². The van der Waals surface area contributed by atoms with Crippen molar-refractivity contribution in [3.8, 4) is 0 Å². The molecule has 0 saturated carbocycles. The Bertz CT molecular complexity index is 926. The molecule has 1 heterocycles. The van der Waals surface area contributed by atoms with Gasteiger partial charge >= 0.3 is 12.0 Å². The van der Waals surface area contributed by atoms with Gasteiger partial charge in [0.15, 0.2) is 5.82 Å². The number of nitrogens with zero attached hydrogens (tertiary/aromatic N) is 3. The standard InChI is InChI=1S/C19H19Cl2N5O2/c1-26(2)19-24-17(25-28-19)16(11-12-3-5-13(20)6-4-12)23-18(27)22-15-9-7-14(21)8-10-15/h3-10,16H,11H2,1-2H3,(H2,22,23,27). The van der Waals surface area contributed by atoms with Crippen molar-refractivity contribution in [1.29, 1.82) is 0 Å². The molecular weight excluding hydrogens is 401 g/mol. The summed E-state index contributed by atoms with van der Waals surface area (Å²) in [4.78, 5) is 18.5. The maximum atomic E-state index is 12.5. The topological polar surface area (TPSA) is 83.3 Å². The zero-order valence-electron chi connectivity index (χ0n) is 15.3. The number of aromatic nitrogens is 2. The molecule has 3 aromatic rings. The number of carbonyl (C=O) groups excluding carboxylic acids is 1. The van der Waals surface area contributed by atoms with E-state index < -0.39 is 12.1 Å². The van der Waals surface area contributed by atoms with Crippen LogP contribution in [0.25, 0.3) is 0 Å². The van der Waals surface area contributed by atoms with E-state index in [1.165, 1.54) is 0 Å². The first-order valence-corrected chi connectivity index (χ1v) is 9.25. The van der Waals surface area contributed by atoms with Gasteiger partial charge in [0.1, 0.15) is 0 Å². The molecule has 7 nitrogen and oxygen atoms in total. The molecule has 1 atom stereocenters. The van der Waals surface area contributed by atoms with Crippen LogP contribution in [0.3, 0.4) is 0 Å². The molecule has 0 saturated heterocycles. The molecule has 0 aliphatic rings. The maximum absolute atomic E-state index is 12.5. The summed E-state index contributed by atoms with van der Waals surface area (Å²) in [6.07, 6.45) is 0.470. The van der Waals surface area contributed by atoms with E-state index in [9.17, 15) is 4.79 Å². The summed E-state index contributed by atoms with van der Waals surface area (Å²) in [5.41, 5.74) is 1.59. The van der Waals surface area contributed by atoms with E-state index in [0.29, 0.717) is 34.0 Å². The monoisotopic (exact) mass is 419 g/mol. The number of amides is 2. The number of hydrogen-bond acceptors (Lipinski definition) is 5. The highest BCUT2D eigenvalue weighted by Gasteiger charge is 2.22. The minimum Gasteiger partial charge on any atom is -0.331 e. The quantitative estimate of drug-likeness (QED) is 0.612. The van der Waals surface area contributed by atoms with Crippen molar-refractivity contribution in [3.63, 3.8) is 0 Å². The summed E-state index contributed by atoms with van der Waals surface area (Å²) in [5, 5.41) is 10.9. The van der Waals surface area contributed by atoms with Crippen LogP contribution in [0.15, 0.2) is 53.1 Å². The Morgan fingerprint density at radius 3 is 2.25 bits per heavy atom. The van der Waals surface area contributed by atoms with Crippen molar-refractivity contribution in [2.75, 3.05) is 24.3 Å². The van der Waals surface area contributed by atoms with Crippen molar-refractivity contribution < 1.29 is 9.32 Å². The lowest BCUT2D eigenvalue weighted by Gasteiger charge is -2.16. The number of benzene rings is 2. The second-order valence-electron chi connectivity index (χ2n) is 6.32. The molecule has 0 spiro atoms. The van der Waals surface area contributed by atoms with Gasteiger partial charge in [-0.15, -0.1) is 0 Å². The molecule has 2 aromatic carbocycles. The van der Waals surface area contributed by atoms with Crippen LogP contribution in [-0.4, -0.2) is 30.3 Å². The fourth-order valence-electron chi connectivity index (χ4n) is 2.47. The summed E-state index contributed by atoms with van der Waals surface area (Å²) in [6.45, 7) is 0. The van der Waals surface area contributed by atoms with Gasteiger partial charge in [-0.2, -0.15) is 4.98 Å². The highest BCUT2D eigenvalue weighted by molar-refractivity contribution is 6.30. The summed E-state index contributed by atoms with van der Waals surface area (Å²) in [5.74, 6) is 0.380. The Morgan fingerprint density at radius 2 is 1.68 bits per heavy atom. The fourth-order valence-corrected chi connectivity index (χ4v) is 2.72. The molecule has 0 aliphatic carbocycles. The van der Waals surface area contributed by atoms with Crippen LogP contribution >= 0.6 is 23.2 Å². The van der Waals surface area contributed by atoms with E-state index in [-0.39, 0.29) is 0 Å². The number of rotatable bonds is 6. The number of urea groups is 1. The highest BCUT2D eigenvalue weighted by atomic mass is 35.5. The Kier molecular flexibility index (Phi) is 6.38. The van der Waals surface area contributed by atoms with Crippen molar-refractivity contribution in [1.82, 2.24) is 15.5 Å². The molecule has 0 radical (unpaired) electrons. The molecule has 9 heteroatoms. The van der Waals surface area contributed by atoms with Crippen LogP contribution < -0.4 is 15.5 Å². The van der Waals surface area contributed by atoms with Crippen LogP contribution in [0.5, 0.6) is 0 Å². The van der Waals surface area contributed by atoms with E-state index in [4.69, 9.17) is 27.7 Å². The van der Waals surface area contributed by atoms with Crippen LogP contribution in [0, 0.1) is 0 Å². The van der Waals surface area contributed by atoms with Gasteiger partial charge in [-0.3, -0.25) is 0 Å². The first-order valence-electron chi connectivity index (χ1n) is 8.49. The van der Waals surface area contributed by atoms with Gasteiger partial charge in [0.25, 0.3) is 0 Å². The minimum absolute atomic E-state index is 0.357. The molecule has 2 N–H and O–H groups in total. The van der Waals surface area contributed by atoms with Gasteiger partial charge in [-0.05, 0) is 42.0 Å². The van der Waals surface area contributed by atoms with E-state index in [1.54, 1.807) is 55.4 Å². The lowest BCUT2D eigenvalue weighted by molar-refractivity contribution is 0.247. The predicted octanol–water partition coefficient (Wildman–Crippen LogP) is 4.55. The Balaban J connectivity index is 1.77. The zero-order chi connectivity index (χ0) is 20.1. The number of hydrogen-bond donors (Lipinski definition) is 2. The normalized spacial score (nSPS) is 11.7. The lowest BCUT2D eigenvalue weighted by Crippen LogP contribution is -2.34. The average Bonchev–Trinajstić information content (AvgIpc) is 3.15. The largest absolute Gasteiger partial charge is 0.331 e. The Labute approximate surface area is 172 Å². The minimum atomic E-state index is -0.495. The molecule has 28 heavy (non-hydrogen) atoms. The summed E-state index contributed by atoms with van der Waals surface area (Å²) in [7, 11) is 3.60. The molecule has 0 bridgehead atoms. The summed E-state index contributed by atoms with van der Waals surface area (Å²) in [6, 6.07) is 13.7. The van der Waals surface area contributed by atoms with Gasteiger partial charge in [0.2, 0.25) is 0 Å². The molecule has 1 aromatic heterocycles. The molecule has 146 valence electrons. The average molecular weight is 420 g/mol. The Hall–Kier alpha value is -2.77. The number of anilines is 2. The molecule has 0 aliphatic heterocycles. The van der Waals surface area contributed by atoms with Crippen molar-refractivity contribution in [2.24, 2.45) is 0 Å². The van der Waals surface area contributed by atoms with Gasteiger partial charge in [0.05, 0.1) is 6.04 Å². The third-order valence-electron chi connectivity index (χ3n) is 3.89. The highest BCUT2D eigenvalue weighted by Crippen LogP contribution is 2.20. The molecule has 0 fully saturated rings. The molecule has 3 rings (SSSR count). The second kappa shape index (κ2) is 8.95. The zero-order valence-corrected chi connectivity index (χ0v) is 16.8. The number of halogens is 2. The van der Waals surface area contributed by atoms with Gasteiger partial charge < -0.3 is 20.1 Å². The van der Waals surface area contributed by atoms with E-state index in [1.807, 2.05) is 12.1 Å². The third-order valence-corrected chi connectivity index (χ3v) is 4.39. The van der Waals surface area contributed by atoms with Crippen LogP contribution in [0.2, 0.25) is 10.0 Å². The maximum Gasteiger partial charge on any atom is 0.323 e. The van der Waals surface area contributed by atoms with Crippen LogP contribution in [0.1, 0.15) is 17.4 Å². The summed E-state index contributed by atoms with van der Waals surface area (Å²) >= 11 is 11.8. The molecule has 1 unspecified atom stereocenters. The molecular formula is C19H19Cl2N5O2. The van der Waals surface area contributed by atoms with E-state index in [2.05, 4.69) is 20.8 Å². The van der Waals surface area contributed by atoms with Crippen molar-refractivity contribution in [3.05, 3.63) is 70.0 Å². The number of carbonyl (C=O) groups is 1. The van der Waals surface area contributed by atoms with Crippen molar-refractivity contribution in [2.45, 2.75) is 12.5 Å². The second-order valence-corrected chi connectivity index (χ2v) is 7.19. The summed E-state index contributed by atoms with van der Waals surface area (Å²) < 4.78 is 5.23. The van der Waals surface area contributed by atoms with Crippen molar-refractivity contribution >= 4 is 40.9 Å².